The Morgan fingerprint density at radius 2 is 2.03 bits per heavy atom. The Morgan fingerprint density at radius 3 is 2.70 bits per heavy atom. The van der Waals surface area contributed by atoms with Crippen LogP contribution in [0.25, 0.3) is 28.2 Å². The summed E-state index contributed by atoms with van der Waals surface area (Å²) < 4.78 is 23.9. The maximum Gasteiger partial charge on any atom is 0.391 e. The molecular formula is C22H20N3O7P. The number of nitrogens with one attached hydrogen (secondary N) is 1. The van der Waals surface area contributed by atoms with Crippen molar-refractivity contribution in [3.63, 3.8) is 0 Å². The molecule has 170 valence electrons. The van der Waals surface area contributed by atoms with Crippen LogP contribution >= 0.6 is 7.60 Å². The fourth-order valence-electron chi connectivity index (χ4n) is 3.60. The van der Waals surface area contributed by atoms with Gasteiger partial charge in [-0.3, -0.25) is 13.8 Å². The third-order valence-corrected chi connectivity index (χ3v) is 6.24. The molecule has 0 radical (unpaired) electrons. The van der Waals surface area contributed by atoms with Crippen LogP contribution in [0.4, 0.5) is 5.82 Å². The van der Waals surface area contributed by atoms with E-state index < -0.39 is 13.1 Å². The molecule has 0 aliphatic heterocycles. The predicted octanol–water partition coefficient (Wildman–Crippen LogP) is 3.13. The molecule has 0 atom stereocenters. The van der Waals surface area contributed by atoms with Gasteiger partial charge in [-0.05, 0) is 49.2 Å². The van der Waals surface area contributed by atoms with E-state index in [4.69, 9.17) is 9.15 Å². The van der Waals surface area contributed by atoms with Crippen molar-refractivity contribution in [3.8, 4) is 34.1 Å². The minimum Gasteiger partial charge on any atom is -0.504 e. The van der Waals surface area contributed by atoms with Gasteiger partial charge >= 0.3 is 7.60 Å². The quantitative estimate of drug-likeness (QED) is 0.315. The summed E-state index contributed by atoms with van der Waals surface area (Å²) in [5.74, 6) is 0.585. The monoisotopic (exact) mass is 469 g/mol. The lowest BCUT2D eigenvalue weighted by molar-refractivity contribution is -0.117. The van der Waals surface area contributed by atoms with Crippen LogP contribution in [-0.2, 0) is 9.36 Å². The highest BCUT2D eigenvalue weighted by atomic mass is 31.2. The fourth-order valence-corrected chi connectivity index (χ4v) is 4.09. The summed E-state index contributed by atoms with van der Waals surface area (Å²) in [6.07, 6.45) is 3.42. The van der Waals surface area contributed by atoms with E-state index in [-0.39, 0.29) is 29.1 Å². The Hall–Kier alpha value is -3.59. The molecule has 1 saturated carbocycles. The Balaban J connectivity index is 1.62. The Morgan fingerprint density at radius 1 is 1.24 bits per heavy atom. The Labute approximate surface area is 187 Å². The molecule has 1 aliphatic rings. The van der Waals surface area contributed by atoms with Crippen LogP contribution in [0.5, 0.6) is 11.5 Å². The molecule has 4 aromatic rings. The number of phenols is 1. The van der Waals surface area contributed by atoms with Crippen molar-refractivity contribution in [3.05, 3.63) is 48.7 Å². The summed E-state index contributed by atoms with van der Waals surface area (Å²) in [6.45, 7) is 0. The molecule has 1 aliphatic carbocycles. The number of phenolic OH excluding ortho intramolecular Hbond substituents is 1. The van der Waals surface area contributed by atoms with Crippen LogP contribution in [-0.4, -0.2) is 37.3 Å². The number of furan rings is 1. The molecule has 4 N–H and O–H groups in total. The van der Waals surface area contributed by atoms with E-state index in [1.54, 1.807) is 34.9 Å². The Kier molecular flexibility index (Phi) is 5.01. The molecule has 10 nitrogen and oxygen atoms in total. The van der Waals surface area contributed by atoms with E-state index in [0.29, 0.717) is 28.3 Å². The van der Waals surface area contributed by atoms with Crippen molar-refractivity contribution in [2.75, 3.05) is 12.4 Å². The van der Waals surface area contributed by atoms with Gasteiger partial charge in [-0.15, -0.1) is 0 Å². The maximum atomic E-state index is 12.1. The third kappa shape index (κ3) is 4.00. The van der Waals surface area contributed by atoms with Crippen molar-refractivity contribution in [2.24, 2.45) is 5.92 Å². The minimum atomic E-state index is -4.55. The van der Waals surface area contributed by atoms with E-state index in [1.165, 1.54) is 25.3 Å². The van der Waals surface area contributed by atoms with Crippen molar-refractivity contribution in [1.82, 2.24) is 9.38 Å². The van der Waals surface area contributed by atoms with Crippen LogP contribution < -0.4 is 15.6 Å². The number of carbonyl (C=O) groups excluding carboxylic acids is 1. The molecule has 0 saturated heterocycles. The number of rotatable bonds is 6. The number of carbonyl (C=O) groups is 1. The number of ether oxygens (including phenoxy) is 1. The molecule has 1 aromatic carbocycles. The van der Waals surface area contributed by atoms with E-state index in [2.05, 4.69) is 10.3 Å². The van der Waals surface area contributed by atoms with Gasteiger partial charge in [0.05, 0.1) is 19.0 Å². The van der Waals surface area contributed by atoms with Crippen LogP contribution in [0, 0.1) is 5.92 Å². The number of amides is 1. The second kappa shape index (κ2) is 7.77. The lowest BCUT2D eigenvalue weighted by Gasteiger charge is -2.13. The molecule has 0 unspecified atom stereocenters. The van der Waals surface area contributed by atoms with Gasteiger partial charge in [0.25, 0.3) is 0 Å². The van der Waals surface area contributed by atoms with Crippen molar-refractivity contribution >= 4 is 30.5 Å². The number of pyridine rings is 1. The average molecular weight is 469 g/mol. The van der Waals surface area contributed by atoms with Gasteiger partial charge in [0.2, 0.25) is 11.4 Å². The lowest BCUT2D eigenvalue weighted by atomic mass is 10.0. The second-order valence-electron chi connectivity index (χ2n) is 7.79. The van der Waals surface area contributed by atoms with Gasteiger partial charge in [-0.2, -0.15) is 0 Å². The highest BCUT2D eigenvalue weighted by Crippen LogP contribution is 2.42. The summed E-state index contributed by atoms with van der Waals surface area (Å²) in [5.41, 5.74) is 1.48. The molecule has 33 heavy (non-hydrogen) atoms. The van der Waals surface area contributed by atoms with Gasteiger partial charge in [0, 0.05) is 17.0 Å². The van der Waals surface area contributed by atoms with Gasteiger partial charge in [0.15, 0.2) is 17.3 Å². The van der Waals surface area contributed by atoms with Crippen molar-refractivity contribution < 1.29 is 33.4 Å². The SMILES string of the molecule is COc1cc(-c2ccc(P(=O)(O)O)o2)cc(-c2cccc3nc(NC(=O)C4CC4)cn23)c1O. The number of anilines is 1. The van der Waals surface area contributed by atoms with Crippen LogP contribution in [0.1, 0.15) is 12.8 Å². The molecular weight excluding hydrogens is 449 g/mol. The number of fused-ring (bicyclic) bond motifs is 1. The van der Waals surface area contributed by atoms with E-state index >= 15 is 0 Å². The number of benzene rings is 1. The van der Waals surface area contributed by atoms with Crippen LogP contribution in [0.3, 0.4) is 0 Å². The first kappa shape index (κ1) is 21.3. The zero-order valence-electron chi connectivity index (χ0n) is 17.4. The summed E-state index contributed by atoms with van der Waals surface area (Å²) in [4.78, 5) is 35.3. The number of aromatic hydroxyl groups is 1. The first-order valence-corrected chi connectivity index (χ1v) is 11.7. The maximum absolute atomic E-state index is 12.1. The lowest BCUT2D eigenvalue weighted by Crippen LogP contribution is -2.13. The van der Waals surface area contributed by atoms with Crippen molar-refractivity contribution in [1.29, 1.82) is 0 Å². The molecule has 11 heteroatoms. The number of imidazole rings is 1. The molecule has 1 fully saturated rings. The number of methoxy groups -OCH3 is 1. The van der Waals surface area contributed by atoms with E-state index in [0.717, 1.165) is 12.8 Å². The zero-order chi connectivity index (χ0) is 23.3. The smallest absolute Gasteiger partial charge is 0.391 e. The van der Waals surface area contributed by atoms with Gasteiger partial charge in [-0.1, -0.05) is 6.07 Å². The zero-order valence-corrected chi connectivity index (χ0v) is 18.3. The first-order chi connectivity index (χ1) is 15.7. The summed E-state index contributed by atoms with van der Waals surface area (Å²) in [6, 6.07) is 11.1. The molecule has 5 rings (SSSR count). The molecule has 3 aromatic heterocycles. The van der Waals surface area contributed by atoms with Gasteiger partial charge in [-0.25, -0.2) is 4.98 Å². The number of hydrogen-bond acceptors (Lipinski definition) is 6. The third-order valence-electron chi connectivity index (χ3n) is 5.43. The average Bonchev–Trinajstić information content (AvgIpc) is 3.35. The summed E-state index contributed by atoms with van der Waals surface area (Å²) in [7, 11) is -3.16. The Bertz CT molecular complexity index is 1430. The standard InChI is InChI=1S/C22H20N3O7P/c1-31-17-10-13(16-7-8-20(32-16)33(28,29)30)9-14(21(17)26)15-3-2-4-19-23-18(11-25(15)19)24-22(27)12-5-6-12/h2-4,7-12,26H,5-6H2,1H3,(H,24,27)(H2,28,29,30). The molecule has 0 bridgehead atoms. The van der Waals surface area contributed by atoms with Gasteiger partial charge in [0.1, 0.15) is 11.4 Å². The summed E-state index contributed by atoms with van der Waals surface area (Å²) >= 11 is 0. The van der Waals surface area contributed by atoms with Crippen LogP contribution in [0.15, 0.2) is 53.1 Å². The topological polar surface area (TPSA) is 147 Å². The molecule has 0 spiro atoms. The highest BCUT2D eigenvalue weighted by Gasteiger charge is 2.30. The number of hydrogen-bond donors (Lipinski definition) is 4. The fraction of sp³-hybridized carbons (Fsp3) is 0.182. The highest BCUT2D eigenvalue weighted by molar-refractivity contribution is 7.59. The summed E-state index contributed by atoms with van der Waals surface area (Å²) in [5, 5.41) is 13.7. The molecule has 3 heterocycles. The second-order valence-corrected chi connectivity index (χ2v) is 9.31. The normalized spacial score (nSPS) is 13.9. The minimum absolute atomic E-state index is 0.0330. The van der Waals surface area contributed by atoms with Gasteiger partial charge < -0.3 is 29.4 Å². The van der Waals surface area contributed by atoms with Crippen molar-refractivity contribution in [2.45, 2.75) is 12.8 Å². The largest absolute Gasteiger partial charge is 0.504 e. The molecule has 1 amide bonds. The van der Waals surface area contributed by atoms with E-state index in [1.807, 2.05) is 0 Å². The predicted molar refractivity (Wildman–Crippen MR) is 120 cm³/mol. The number of nitrogens with zero attached hydrogens (tertiary/aromatic N) is 2. The van der Waals surface area contributed by atoms with E-state index in [9.17, 15) is 24.3 Å². The number of aromatic nitrogens is 2. The first-order valence-electron chi connectivity index (χ1n) is 10.1. The van der Waals surface area contributed by atoms with Crippen LogP contribution in [0.2, 0.25) is 0 Å².